The minimum atomic E-state index is -1.70. The SMILES string of the molecule is O=C(COc1c(F)cc(F)c2c(=O)c3ccccc3sc12)OCC(COC(=O)COc1c(F)cc(F)c2c(=O)c3ccccc3sc12)OC(=O)COc1c(F)cc(F)c2c(=O)c3ccccc3sc12. The van der Waals surface area contributed by atoms with Crippen molar-refractivity contribution in [3.05, 3.63) is 157 Å². The predicted molar refractivity (Wildman–Crippen MR) is 245 cm³/mol. The summed E-state index contributed by atoms with van der Waals surface area (Å²) in [7, 11) is 0. The van der Waals surface area contributed by atoms with Crippen molar-refractivity contribution in [1.82, 2.24) is 0 Å². The van der Waals surface area contributed by atoms with Crippen molar-refractivity contribution >= 4 is 112 Å². The van der Waals surface area contributed by atoms with E-state index in [9.17, 15) is 41.9 Å². The van der Waals surface area contributed by atoms with Crippen molar-refractivity contribution in [2.75, 3.05) is 33.0 Å². The third-order valence-electron chi connectivity index (χ3n) is 10.3. The molecule has 0 aliphatic heterocycles. The predicted octanol–water partition coefficient (Wildman–Crippen LogP) is 9.24. The van der Waals surface area contributed by atoms with Crippen LogP contribution < -0.4 is 30.5 Å². The van der Waals surface area contributed by atoms with Crippen molar-refractivity contribution in [2.24, 2.45) is 0 Å². The summed E-state index contributed by atoms with van der Waals surface area (Å²) in [5, 5.41) is -1.00. The molecule has 0 spiro atoms. The number of hydrogen-bond acceptors (Lipinski definition) is 15. The maximum absolute atomic E-state index is 15.2. The number of ether oxygens (including phenoxy) is 6. The van der Waals surface area contributed by atoms with Gasteiger partial charge in [-0.05, 0) is 36.4 Å². The quantitative estimate of drug-likeness (QED) is 0.0441. The maximum Gasteiger partial charge on any atom is 0.344 e. The van der Waals surface area contributed by atoms with E-state index in [0.29, 0.717) is 32.3 Å². The Morgan fingerprint density at radius 2 is 0.739 bits per heavy atom. The molecule has 0 N–H and O–H groups in total. The van der Waals surface area contributed by atoms with E-state index in [1.54, 1.807) is 48.5 Å². The number of benzene rings is 6. The van der Waals surface area contributed by atoms with Gasteiger partial charge in [0.05, 0.1) is 30.3 Å². The Kier molecular flexibility index (Phi) is 12.9. The molecule has 0 bridgehead atoms. The number of halogens is 6. The second-order valence-corrected chi connectivity index (χ2v) is 17.9. The second kappa shape index (κ2) is 19.2. The van der Waals surface area contributed by atoms with E-state index in [2.05, 4.69) is 0 Å². The van der Waals surface area contributed by atoms with Crippen LogP contribution in [0.2, 0.25) is 0 Å². The molecule has 9 rings (SSSR count). The lowest BCUT2D eigenvalue weighted by molar-refractivity contribution is -0.169. The van der Waals surface area contributed by atoms with E-state index < -0.39 is 142 Å². The standard InChI is InChI=1S/C48H26F6O12S3/c49-25-13-28(52)43(46-37(25)40(58)22-7-1-4-10-31(22)67-46)63-18-34(55)61-16-21(66-36(57)20-65-45-30(54)15-27(51)39-42(60)24-9-3-6-12-33(24)69-48(39)45)17-62-35(56)19-64-44-29(53)14-26(50)38-41(59)23-8-2-5-11-32(23)68-47(38)44/h1-15,21H,16-20H2. The number of esters is 3. The Hall–Kier alpha value is -7.62. The van der Waals surface area contributed by atoms with Gasteiger partial charge in [-0.15, -0.1) is 34.0 Å². The minimum absolute atomic E-state index is 0.150. The molecule has 350 valence electrons. The number of carbonyl (C=O) groups excluding carboxylic acids is 3. The zero-order valence-corrected chi connectivity index (χ0v) is 37.1. The van der Waals surface area contributed by atoms with Crippen molar-refractivity contribution in [3.8, 4) is 17.2 Å². The first kappa shape index (κ1) is 46.5. The Bertz CT molecular complexity index is 3640. The van der Waals surface area contributed by atoms with E-state index in [0.717, 1.165) is 34.0 Å². The van der Waals surface area contributed by atoms with Crippen LogP contribution >= 0.6 is 34.0 Å². The molecule has 0 unspecified atom stereocenters. The average molecular weight is 1000 g/mol. The van der Waals surface area contributed by atoms with Crippen LogP contribution in [-0.2, 0) is 28.6 Å². The van der Waals surface area contributed by atoms with E-state index in [1.165, 1.54) is 24.3 Å². The van der Waals surface area contributed by atoms with Crippen LogP contribution in [0.4, 0.5) is 26.3 Å². The Morgan fingerprint density at radius 3 is 1.07 bits per heavy atom. The molecule has 6 aromatic carbocycles. The summed E-state index contributed by atoms with van der Waals surface area (Å²) in [5.41, 5.74) is -2.26. The number of fused-ring (bicyclic) bond motifs is 6. The molecule has 0 aliphatic carbocycles. The van der Waals surface area contributed by atoms with Crippen molar-refractivity contribution in [1.29, 1.82) is 0 Å². The highest BCUT2D eigenvalue weighted by atomic mass is 32.1. The first-order valence-electron chi connectivity index (χ1n) is 20.1. The average Bonchev–Trinajstić information content (AvgIpc) is 3.31. The van der Waals surface area contributed by atoms with E-state index in [1.807, 2.05) is 0 Å². The van der Waals surface area contributed by atoms with Gasteiger partial charge in [0.2, 0.25) is 0 Å². The van der Waals surface area contributed by atoms with Gasteiger partial charge in [0, 0.05) is 48.5 Å². The fourth-order valence-electron chi connectivity index (χ4n) is 7.22. The molecule has 0 saturated heterocycles. The molecule has 0 fully saturated rings. The maximum atomic E-state index is 15.2. The molecular weight excluding hydrogens is 979 g/mol. The Labute approximate surface area is 393 Å². The van der Waals surface area contributed by atoms with Crippen molar-refractivity contribution in [2.45, 2.75) is 6.10 Å². The van der Waals surface area contributed by atoms with E-state index in [-0.39, 0.29) is 30.3 Å². The molecule has 9 aromatic rings. The highest BCUT2D eigenvalue weighted by Crippen LogP contribution is 2.38. The smallest absolute Gasteiger partial charge is 0.344 e. The molecule has 12 nitrogen and oxygen atoms in total. The Morgan fingerprint density at radius 1 is 0.435 bits per heavy atom. The first-order chi connectivity index (χ1) is 33.2. The number of rotatable bonds is 14. The highest BCUT2D eigenvalue weighted by molar-refractivity contribution is 7.25. The number of carbonyl (C=O) groups is 3. The monoisotopic (exact) mass is 1000 g/mol. The third kappa shape index (κ3) is 9.10. The van der Waals surface area contributed by atoms with E-state index in [4.69, 9.17) is 28.4 Å². The summed E-state index contributed by atoms with van der Waals surface area (Å²) in [4.78, 5) is 78.7. The Balaban J connectivity index is 0.921. The molecule has 0 saturated carbocycles. The van der Waals surface area contributed by atoms with Crippen LogP contribution in [0.1, 0.15) is 0 Å². The van der Waals surface area contributed by atoms with Gasteiger partial charge in [-0.1, -0.05) is 36.4 Å². The molecule has 0 radical (unpaired) electrons. The lowest BCUT2D eigenvalue weighted by Crippen LogP contribution is -2.34. The zero-order chi connectivity index (χ0) is 48.7. The van der Waals surface area contributed by atoms with Crippen molar-refractivity contribution < 1.29 is 69.1 Å². The van der Waals surface area contributed by atoms with Gasteiger partial charge < -0.3 is 28.4 Å². The summed E-state index contributed by atoms with van der Waals surface area (Å²) in [6.45, 7) is -5.01. The zero-order valence-electron chi connectivity index (χ0n) is 34.7. The molecule has 0 aliphatic rings. The van der Waals surface area contributed by atoms with Crippen LogP contribution in [-0.4, -0.2) is 57.0 Å². The van der Waals surface area contributed by atoms with Gasteiger partial charge in [0.25, 0.3) is 0 Å². The molecule has 3 aromatic heterocycles. The molecular formula is C48H26F6O12S3. The van der Waals surface area contributed by atoms with Gasteiger partial charge in [0.1, 0.15) is 30.7 Å². The van der Waals surface area contributed by atoms with Gasteiger partial charge in [-0.3, -0.25) is 14.4 Å². The molecule has 0 amide bonds. The number of hydrogen-bond donors (Lipinski definition) is 0. The van der Waals surface area contributed by atoms with Gasteiger partial charge in [-0.25, -0.2) is 40.7 Å². The fourth-order valence-corrected chi connectivity index (χ4v) is 10.8. The molecule has 21 heteroatoms. The second-order valence-electron chi connectivity index (χ2n) is 14.7. The summed E-state index contributed by atoms with van der Waals surface area (Å²) in [6, 6.07) is 19.7. The summed E-state index contributed by atoms with van der Waals surface area (Å²) in [6.07, 6.45) is -1.70. The lowest BCUT2D eigenvalue weighted by Gasteiger charge is -2.19. The molecule has 0 atom stereocenters. The largest absolute Gasteiger partial charge is 0.477 e. The van der Waals surface area contributed by atoms with Crippen molar-refractivity contribution in [3.63, 3.8) is 0 Å². The van der Waals surface area contributed by atoms with Crippen LogP contribution in [0.25, 0.3) is 60.5 Å². The van der Waals surface area contributed by atoms with Gasteiger partial charge in [-0.2, -0.15) is 0 Å². The van der Waals surface area contributed by atoms with Gasteiger partial charge in [0.15, 0.2) is 76.9 Å². The fraction of sp³-hybridized carbons (Fsp3) is 0.125. The summed E-state index contributed by atoms with van der Waals surface area (Å²) in [5.74, 6) is -13.0. The minimum Gasteiger partial charge on any atom is -0.477 e. The summed E-state index contributed by atoms with van der Waals surface area (Å²) < 4.78 is 122. The van der Waals surface area contributed by atoms with E-state index >= 15 is 13.2 Å². The topological polar surface area (TPSA) is 158 Å². The van der Waals surface area contributed by atoms with Crippen LogP contribution in [0.5, 0.6) is 17.2 Å². The third-order valence-corrected chi connectivity index (χ3v) is 13.8. The molecule has 69 heavy (non-hydrogen) atoms. The first-order valence-corrected chi connectivity index (χ1v) is 22.5. The van der Waals surface area contributed by atoms with Gasteiger partial charge >= 0.3 is 17.9 Å². The highest BCUT2D eigenvalue weighted by Gasteiger charge is 2.26. The van der Waals surface area contributed by atoms with Crippen LogP contribution in [0.3, 0.4) is 0 Å². The summed E-state index contributed by atoms with van der Waals surface area (Å²) >= 11 is 2.46. The molecule has 3 heterocycles. The normalized spacial score (nSPS) is 11.5. The lowest BCUT2D eigenvalue weighted by atomic mass is 10.1. The van der Waals surface area contributed by atoms with Crippen LogP contribution in [0, 0.1) is 34.9 Å². The van der Waals surface area contributed by atoms with Crippen LogP contribution in [0.15, 0.2) is 105 Å².